The van der Waals surface area contributed by atoms with E-state index < -0.39 is 29.2 Å². The van der Waals surface area contributed by atoms with Gasteiger partial charge in [0.2, 0.25) is 5.91 Å². The number of benzene rings is 1. The van der Waals surface area contributed by atoms with Crippen molar-refractivity contribution < 1.29 is 18.8 Å². The fraction of sp³-hybridized carbons (Fsp3) is 0.400. The molecule has 1 aliphatic rings. The first-order chi connectivity index (χ1) is 10.3. The van der Waals surface area contributed by atoms with Crippen LogP contribution in [-0.2, 0) is 9.59 Å². The molecule has 0 aliphatic carbocycles. The van der Waals surface area contributed by atoms with E-state index in [2.05, 4.69) is 5.32 Å². The lowest BCUT2D eigenvalue weighted by Gasteiger charge is -2.23. The molecule has 6 nitrogen and oxygen atoms in total. The van der Waals surface area contributed by atoms with Crippen LogP contribution >= 0.6 is 0 Å². The van der Waals surface area contributed by atoms with Gasteiger partial charge in [0.15, 0.2) is 0 Å². The van der Waals surface area contributed by atoms with Crippen molar-refractivity contribution in [3.8, 4) is 0 Å². The minimum atomic E-state index is -1.01. The third kappa shape index (κ3) is 2.93. The number of carbonyl (C=O) groups excluding carboxylic acids is 3. The minimum absolute atomic E-state index is 0.345. The second-order valence-electron chi connectivity index (χ2n) is 5.56. The molecule has 7 heteroatoms. The van der Waals surface area contributed by atoms with Crippen LogP contribution in [0.5, 0.6) is 0 Å². The zero-order valence-electron chi connectivity index (χ0n) is 12.7. The van der Waals surface area contributed by atoms with Crippen molar-refractivity contribution in [1.82, 2.24) is 10.2 Å². The normalized spacial score (nSPS) is 16.6. The Kier molecular flexibility index (Phi) is 4.16. The molecule has 0 bridgehead atoms. The van der Waals surface area contributed by atoms with E-state index in [1.807, 2.05) is 0 Å². The molecule has 0 spiro atoms. The van der Waals surface area contributed by atoms with E-state index in [1.54, 1.807) is 20.8 Å². The Bertz CT molecular complexity index is 613. The van der Waals surface area contributed by atoms with Gasteiger partial charge in [-0.2, -0.15) is 0 Å². The van der Waals surface area contributed by atoms with E-state index in [0.717, 1.165) is 4.90 Å². The number of likely N-dealkylation sites (N-methyl/N-ethyl adjacent to an activating group) is 1. The maximum absolute atomic E-state index is 13.0. The molecule has 0 saturated carbocycles. The van der Waals surface area contributed by atoms with Crippen molar-refractivity contribution in [1.29, 1.82) is 0 Å². The Balaban J connectivity index is 2.15. The molecule has 0 atom stereocenters. The lowest BCUT2D eigenvalue weighted by Crippen LogP contribution is -2.44. The summed E-state index contributed by atoms with van der Waals surface area (Å²) in [6.07, 6.45) is 0. The number of hydrogen-bond acceptors (Lipinski definition) is 3. The zero-order valence-corrected chi connectivity index (χ0v) is 12.7. The molecule has 22 heavy (non-hydrogen) atoms. The monoisotopic (exact) mass is 307 g/mol. The summed E-state index contributed by atoms with van der Waals surface area (Å²) in [6.45, 7) is 4.92. The standard InChI is InChI=1S/C15H18FN3O3/c1-4-18(11-7-5-10(16)6-8-11)12(20)9-19-13(21)15(2,3)17-14(19)22/h5-8H,4,9H2,1-3H3,(H,17,22). The summed E-state index contributed by atoms with van der Waals surface area (Å²) in [5, 5.41) is 2.52. The molecule has 1 aromatic carbocycles. The van der Waals surface area contributed by atoms with Gasteiger partial charge in [-0.25, -0.2) is 9.18 Å². The minimum Gasteiger partial charge on any atom is -0.324 e. The number of nitrogens with one attached hydrogen (secondary N) is 1. The van der Waals surface area contributed by atoms with Gasteiger partial charge in [-0.3, -0.25) is 14.5 Å². The van der Waals surface area contributed by atoms with Gasteiger partial charge in [-0.05, 0) is 45.0 Å². The average molecular weight is 307 g/mol. The molecule has 1 aromatic rings. The second-order valence-corrected chi connectivity index (χ2v) is 5.56. The van der Waals surface area contributed by atoms with Gasteiger partial charge in [0, 0.05) is 12.2 Å². The van der Waals surface area contributed by atoms with Crippen molar-refractivity contribution in [2.45, 2.75) is 26.3 Å². The van der Waals surface area contributed by atoms with Crippen LogP contribution in [-0.4, -0.2) is 41.4 Å². The molecule has 0 radical (unpaired) electrons. The molecular formula is C15H18FN3O3. The fourth-order valence-corrected chi connectivity index (χ4v) is 2.31. The first kappa shape index (κ1) is 15.9. The van der Waals surface area contributed by atoms with Crippen molar-refractivity contribution in [2.24, 2.45) is 0 Å². The summed E-state index contributed by atoms with van der Waals surface area (Å²) in [4.78, 5) is 38.6. The quantitative estimate of drug-likeness (QED) is 0.857. The summed E-state index contributed by atoms with van der Waals surface area (Å²) in [7, 11) is 0. The van der Waals surface area contributed by atoms with E-state index in [0.29, 0.717) is 12.2 Å². The van der Waals surface area contributed by atoms with Crippen molar-refractivity contribution in [3.05, 3.63) is 30.1 Å². The van der Waals surface area contributed by atoms with E-state index in [4.69, 9.17) is 0 Å². The predicted octanol–water partition coefficient (Wildman–Crippen LogP) is 1.51. The van der Waals surface area contributed by atoms with Crippen LogP contribution in [0.15, 0.2) is 24.3 Å². The van der Waals surface area contributed by atoms with Gasteiger partial charge in [0.1, 0.15) is 17.9 Å². The van der Waals surface area contributed by atoms with Crippen molar-refractivity contribution >= 4 is 23.5 Å². The third-order valence-electron chi connectivity index (χ3n) is 3.49. The SMILES string of the molecule is CCN(C(=O)CN1C(=O)NC(C)(C)C1=O)c1ccc(F)cc1. The number of imide groups is 1. The Hall–Kier alpha value is -2.44. The number of halogens is 1. The van der Waals surface area contributed by atoms with E-state index in [-0.39, 0.29) is 6.54 Å². The topological polar surface area (TPSA) is 69.7 Å². The smallest absolute Gasteiger partial charge is 0.324 e. The van der Waals surface area contributed by atoms with E-state index in [1.165, 1.54) is 29.2 Å². The summed E-state index contributed by atoms with van der Waals surface area (Å²) in [6, 6.07) is 4.88. The number of amides is 4. The Labute approximate surface area is 127 Å². The van der Waals surface area contributed by atoms with Gasteiger partial charge >= 0.3 is 6.03 Å². The molecule has 1 saturated heterocycles. The lowest BCUT2D eigenvalue weighted by molar-refractivity contribution is -0.133. The number of nitrogens with zero attached hydrogens (tertiary/aromatic N) is 2. The largest absolute Gasteiger partial charge is 0.325 e. The van der Waals surface area contributed by atoms with Crippen LogP contribution in [0.4, 0.5) is 14.9 Å². The molecule has 1 aliphatic heterocycles. The highest BCUT2D eigenvalue weighted by atomic mass is 19.1. The van der Waals surface area contributed by atoms with Gasteiger partial charge in [0.05, 0.1) is 0 Å². The number of anilines is 1. The predicted molar refractivity (Wildman–Crippen MR) is 78.8 cm³/mol. The van der Waals surface area contributed by atoms with Crippen molar-refractivity contribution in [2.75, 3.05) is 18.0 Å². The molecule has 2 rings (SSSR count). The highest BCUT2D eigenvalue weighted by Gasteiger charge is 2.45. The van der Waals surface area contributed by atoms with E-state index >= 15 is 0 Å². The van der Waals surface area contributed by atoms with Crippen LogP contribution < -0.4 is 10.2 Å². The maximum atomic E-state index is 13.0. The van der Waals surface area contributed by atoms with Crippen LogP contribution in [0.3, 0.4) is 0 Å². The molecule has 1 fully saturated rings. The van der Waals surface area contributed by atoms with Gasteiger partial charge < -0.3 is 10.2 Å². The maximum Gasteiger partial charge on any atom is 0.325 e. The van der Waals surface area contributed by atoms with Crippen molar-refractivity contribution in [3.63, 3.8) is 0 Å². The van der Waals surface area contributed by atoms with Crippen LogP contribution in [0, 0.1) is 5.82 Å². The van der Waals surface area contributed by atoms with Crippen LogP contribution in [0.1, 0.15) is 20.8 Å². The summed E-state index contributed by atoms with van der Waals surface area (Å²) in [5.74, 6) is -1.25. The summed E-state index contributed by atoms with van der Waals surface area (Å²) < 4.78 is 13.0. The molecule has 4 amide bonds. The highest BCUT2D eigenvalue weighted by molar-refractivity contribution is 6.10. The van der Waals surface area contributed by atoms with Gasteiger partial charge in [-0.15, -0.1) is 0 Å². The Morgan fingerprint density at radius 2 is 1.86 bits per heavy atom. The fourth-order valence-electron chi connectivity index (χ4n) is 2.31. The van der Waals surface area contributed by atoms with E-state index in [9.17, 15) is 18.8 Å². The molecule has 0 unspecified atom stereocenters. The Morgan fingerprint density at radius 3 is 2.32 bits per heavy atom. The van der Waals surface area contributed by atoms with Crippen LogP contribution in [0.25, 0.3) is 0 Å². The summed E-state index contributed by atoms with van der Waals surface area (Å²) >= 11 is 0. The number of rotatable bonds is 4. The zero-order chi connectivity index (χ0) is 16.5. The number of hydrogen-bond donors (Lipinski definition) is 1. The van der Waals surface area contributed by atoms with Crippen LogP contribution in [0.2, 0.25) is 0 Å². The average Bonchev–Trinajstić information content (AvgIpc) is 2.64. The molecule has 0 aromatic heterocycles. The van der Waals surface area contributed by atoms with Gasteiger partial charge in [0.25, 0.3) is 5.91 Å². The molecular weight excluding hydrogens is 289 g/mol. The number of urea groups is 1. The first-order valence-electron chi connectivity index (χ1n) is 6.96. The molecule has 1 N–H and O–H groups in total. The lowest BCUT2D eigenvalue weighted by atomic mass is 10.1. The first-order valence-corrected chi connectivity index (χ1v) is 6.96. The molecule has 1 heterocycles. The third-order valence-corrected chi connectivity index (χ3v) is 3.49. The molecule has 118 valence electrons. The van der Waals surface area contributed by atoms with Gasteiger partial charge in [-0.1, -0.05) is 0 Å². The second kappa shape index (κ2) is 5.75. The Morgan fingerprint density at radius 1 is 1.27 bits per heavy atom. The summed E-state index contributed by atoms with van der Waals surface area (Å²) in [5.41, 5.74) is -0.496. The number of carbonyl (C=O) groups is 3. The highest BCUT2D eigenvalue weighted by Crippen LogP contribution is 2.19.